The minimum Gasteiger partial charge on any atom is -0.476 e. The highest BCUT2D eigenvalue weighted by molar-refractivity contribution is 5.85. The van der Waals surface area contributed by atoms with E-state index in [0.717, 1.165) is 18.5 Å². The lowest BCUT2D eigenvalue weighted by atomic mass is 10.0. The molecule has 1 aromatic rings. The molecule has 0 bridgehead atoms. The van der Waals surface area contributed by atoms with Gasteiger partial charge in [0.2, 0.25) is 0 Å². The fraction of sp³-hybridized carbons (Fsp3) is 0.765. The van der Waals surface area contributed by atoms with Gasteiger partial charge in [0.05, 0.1) is 0 Å². The van der Waals surface area contributed by atoms with E-state index in [9.17, 15) is 4.79 Å². The zero-order valence-electron chi connectivity index (χ0n) is 13.4. The van der Waals surface area contributed by atoms with E-state index >= 15 is 0 Å². The average molecular weight is 294 g/mol. The fourth-order valence-electron chi connectivity index (χ4n) is 2.58. The molecule has 1 aromatic heterocycles. The number of hydrogen-bond acceptors (Lipinski definition) is 2. The van der Waals surface area contributed by atoms with Crippen molar-refractivity contribution in [2.24, 2.45) is 0 Å². The largest absolute Gasteiger partial charge is 0.476 e. The van der Waals surface area contributed by atoms with Crippen LogP contribution in [0.3, 0.4) is 0 Å². The Morgan fingerprint density at radius 2 is 1.52 bits per heavy atom. The molecule has 0 radical (unpaired) electrons. The molecule has 0 aliphatic heterocycles. The number of aromatic amines is 1. The second-order valence-electron chi connectivity index (χ2n) is 5.87. The second kappa shape index (κ2) is 11.4. The van der Waals surface area contributed by atoms with Crippen molar-refractivity contribution in [3.05, 3.63) is 17.5 Å². The number of aromatic nitrogens is 2. The molecular weight excluding hydrogens is 264 g/mol. The quantitative estimate of drug-likeness (QED) is 0.505. The van der Waals surface area contributed by atoms with Crippen molar-refractivity contribution in [2.45, 2.75) is 84.0 Å². The predicted molar refractivity (Wildman–Crippen MR) is 85.7 cm³/mol. The van der Waals surface area contributed by atoms with Gasteiger partial charge in [0.15, 0.2) is 5.69 Å². The minimum absolute atomic E-state index is 0.119. The van der Waals surface area contributed by atoms with E-state index in [1.807, 2.05) is 0 Å². The van der Waals surface area contributed by atoms with Crippen LogP contribution in [0.4, 0.5) is 0 Å². The van der Waals surface area contributed by atoms with E-state index in [0.29, 0.717) is 0 Å². The average Bonchev–Trinajstić information content (AvgIpc) is 2.94. The highest BCUT2D eigenvalue weighted by Crippen LogP contribution is 2.12. The molecule has 0 atom stereocenters. The zero-order valence-corrected chi connectivity index (χ0v) is 13.4. The first-order chi connectivity index (χ1) is 10.2. The zero-order chi connectivity index (χ0) is 15.3. The molecule has 4 heteroatoms. The lowest BCUT2D eigenvalue weighted by Gasteiger charge is -2.02. The Morgan fingerprint density at radius 3 is 2.00 bits per heavy atom. The van der Waals surface area contributed by atoms with Gasteiger partial charge in [-0.05, 0) is 18.9 Å². The van der Waals surface area contributed by atoms with Crippen molar-refractivity contribution < 1.29 is 9.90 Å². The maximum atomic E-state index is 10.7. The number of nitrogens with zero attached hydrogens (tertiary/aromatic N) is 1. The maximum absolute atomic E-state index is 10.7. The third-order valence-electron chi connectivity index (χ3n) is 3.90. The van der Waals surface area contributed by atoms with Gasteiger partial charge in [-0.1, -0.05) is 71.1 Å². The first-order valence-electron chi connectivity index (χ1n) is 8.51. The molecule has 4 nitrogen and oxygen atoms in total. The Morgan fingerprint density at radius 1 is 1.00 bits per heavy atom. The van der Waals surface area contributed by atoms with Crippen LogP contribution >= 0.6 is 0 Å². The van der Waals surface area contributed by atoms with E-state index < -0.39 is 5.97 Å². The highest BCUT2D eigenvalue weighted by Gasteiger charge is 2.07. The molecule has 2 N–H and O–H groups in total. The van der Waals surface area contributed by atoms with Crippen LogP contribution in [-0.4, -0.2) is 21.3 Å². The first kappa shape index (κ1) is 17.7. The summed E-state index contributed by atoms with van der Waals surface area (Å²) in [5, 5.41) is 15.3. The summed E-state index contributed by atoms with van der Waals surface area (Å²) < 4.78 is 0. The van der Waals surface area contributed by atoms with Crippen LogP contribution < -0.4 is 0 Å². The van der Waals surface area contributed by atoms with E-state index in [2.05, 4.69) is 17.1 Å². The number of hydrogen-bond donors (Lipinski definition) is 2. The molecule has 0 aliphatic carbocycles. The van der Waals surface area contributed by atoms with E-state index in [-0.39, 0.29) is 5.69 Å². The van der Waals surface area contributed by atoms with Crippen LogP contribution in [0, 0.1) is 0 Å². The number of rotatable bonds is 13. The van der Waals surface area contributed by atoms with Crippen molar-refractivity contribution in [3.63, 3.8) is 0 Å². The molecule has 120 valence electrons. The van der Waals surface area contributed by atoms with Crippen LogP contribution in [0.2, 0.25) is 0 Å². The summed E-state index contributed by atoms with van der Waals surface area (Å²) >= 11 is 0. The van der Waals surface area contributed by atoms with E-state index in [1.54, 1.807) is 6.07 Å². The van der Waals surface area contributed by atoms with Gasteiger partial charge < -0.3 is 5.11 Å². The van der Waals surface area contributed by atoms with Crippen LogP contribution in [0.1, 0.15) is 93.7 Å². The molecular formula is C17H30N2O2. The number of H-pyrrole nitrogens is 1. The molecule has 0 unspecified atom stereocenters. The molecule has 21 heavy (non-hydrogen) atoms. The Bertz CT molecular complexity index is 388. The summed E-state index contributed by atoms with van der Waals surface area (Å²) in [5.41, 5.74) is 1.05. The summed E-state index contributed by atoms with van der Waals surface area (Å²) in [5.74, 6) is -0.962. The van der Waals surface area contributed by atoms with Gasteiger partial charge in [-0.2, -0.15) is 5.10 Å². The lowest BCUT2D eigenvalue weighted by Crippen LogP contribution is -1.95. The smallest absolute Gasteiger partial charge is 0.356 e. The molecule has 0 spiro atoms. The highest BCUT2D eigenvalue weighted by atomic mass is 16.4. The number of carbonyl (C=O) groups is 1. The van der Waals surface area contributed by atoms with Crippen LogP contribution in [0.25, 0.3) is 0 Å². The van der Waals surface area contributed by atoms with Crippen molar-refractivity contribution in [2.75, 3.05) is 0 Å². The van der Waals surface area contributed by atoms with E-state index in [4.69, 9.17) is 5.11 Å². The molecule has 1 heterocycles. The summed E-state index contributed by atoms with van der Waals surface area (Å²) in [7, 11) is 0. The van der Waals surface area contributed by atoms with Gasteiger partial charge in [0.25, 0.3) is 0 Å². The molecule has 0 saturated heterocycles. The number of carboxylic acid groups (broad SMARTS) is 1. The predicted octanol–water partition coefficient (Wildman–Crippen LogP) is 4.96. The van der Waals surface area contributed by atoms with Crippen molar-refractivity contribution >= 4 is 5.97 Å². The molecule has 0 amide bonds. The normalized spacial score (nSPS) is 10.9. The fourth-order valence-corrected chi connectivity index (χ4v) is 2.58. The number of aromatic carboxylic acids is 1. The summed E-state index contributed by atoms with van der Waals surface area (Å²) in [6, 6.07) is 1.64. The van der Waals surface area contributed by atoms with Crippen LogP contribution in [-0.2, 0) is 6.42 Å². The van der Waals surface area contributed by atoms with Gasteiger partial charge >= 0.3 is 5.97 Å². The molecule has 0 saturated carbocycles. The Labute approximate surface area is 128 Å². The topological polar surface area (TPSA) is 66.0 Å². The molecule has 1 rings (SSSR count). The second-order valence-corrected chi connectivity index (χ2v) is 5.87. The van der Waals surface area contributed by atoms with Gasteiger partial charge in [-0.3, -0.25) is 5.10 Å². The Balaban J connectivity index is 1.89. The minimum atomic E-state index is -0.962. The molecule has 0 aromatic carbocycles. The maximum Gasteiger partial charge on any atom is 0.356 e. The van der Waals surface area contributed by atoms with Crippen LogP contribution in [0.5, 0.6) is 0 Å². The number of carboxylic acids is 1. The van der Waals surface area contributed by atoms with Crippen molar-refractivity contribution in [1.29, 1.82) is 0 Å². The SMILES string of the molecule is CCCCCCCCCCCCCc1cc(C(=O)O)n[nH]1. The van der Waals surface area contributed by atoms with Gasteiger partial charge in [-0.15, -0.1) is 0 Å². The van der Waals surface area contributed by atoms with Crippen molar-refractivity contribution in [1.82, 2.24) is 10.2 Å². The van der Waals surface area contributed by atoms with E-state index in [1.165, 1.54) is 64.2 Å². The summed E-state index contributed by atoms with van der Waals surface area (Å²) in [6.45, 7) is 2.26. The summed E-state index contributed by atoms with van der Waals surface area (Å²) in [4.78, 5) is 10.7. The van der Waals surface area contributed by atoms with Gasteiger partial charge in [0, 0.05) is 5.69 Å². The van der Waals surface area contributed by atoms with Crippen LogP contribution in [0.15, 0.2) is 6.07 Å². The Hall–Kier alpha value is -1.32. The summed E-state index contributed by atoms with van der Waals surface area (Å²) in [6.07, 6.45) is 15.5. The molecule has 0 aliphatic rings. The first-order valence-corrected chi connectivity index (χ1v) is 8.51. The van der Waals surface area contributed by atoms with Gasteiger partial charge in [-0.25, -0.2) is 4.79 Å². The number of aryl methyl sites for hydroxylation is 1. The lowest BCUT2D eigenvalue weighted by molar-refractivity contribution is 0.0690. The number of unbranched alkanes of at least 4 members (excludes halogenated alkanes) is 10. The van der Waals surface area contributed by atoms with Gasteiger partial charge in [0.1, 0.15) is 0 Å². The standard InChI is InChI=1S/C17H30N2O2/c1-2-3-4-5-6-7-8-9-10-11-12-13-15-14-16(17(20)21)19-18-15/h14H,2-13H2,1H3,(H,18,19)(H,20,21). The number of nitrogens with one attached hydrogen (secondary N) is 1. The third-order valence-corrected chi connectivity index (χ3v) is 3.90. The third kappa shape index (κ3) is 8.53. The molecule has 0 fully saturated rings. The van der Waals surface area contributed by atoms with Crippen molar-refractivity contribution in [3.8, 4) is 0 Å². The monoisotopic (exact) mass is 294 g/mol. The Kier molecular flexibility index (Phi) is 9.58.